The van der Waals surface area contributed by atoms with Gasteiger partial charge in [0, 0.05) is 50.0 Å². The Hall–Kier alpha value is -4.35. The summed E-state index contributed by atoms with van der Waals surface area (Å²) in [5, 5.41) is 9.04. The lowest BCUT2D eigenvalue weighted by Gasteiger charge is -2.35. The molecule has 8 heteroatoms. The second kappa shape index (κ2) is 9.87. The lowest BCUT2D eigenvalue weighted by Crippen LogP contribution is -2.46. The Morgan fingerprint density at radius 1 is 0.943 bits per heavy atom. The third-order valence-electron chi connectivity index (χ3n) is 6.22. The van der Waals surface area contributed by atoms with Crippen molar-refractivity contribution in [1.29, 1.82) is 5.26 Å². The quantitative estimate of drug-likeness (QED) is 0.484. The van der Waals surface area contributed by atoms with Crippen LogP contribution in [0.15, 0.2) is 71.7 Å². The highest BCUT2D eigenvalue weighted by molar-refractivity contribution is 5.77. The number of nitriles is 1. The molecule has 5 rings (SSSR count). The van der Waals surface area contributed by atoms with Crippen molar-refractivity contribution in [1.82, 2.24) is 24.8 Å². The normalized spacial score (nSPS) is 14.0. The number of H-pyrrole nitrogens is 1. The molecule has 0 amide bonds. The Balaban J connectivity index is 1.29. The van der Waals surface area contributed by atoms with E-state index in [4.69, 9.17) is 5.26 Å². The van der Waals surface area contributed by atoms with Gasteiger partial charge in [0.2, 0.25) is 5.82 Å². The molecule has 1 aliphatic heterocycles. The molecule has 1 N–H and O–H groups in total. The second-order valence-corrected chi connectivity index (χ2v) is 8.55. The lowest BCUT2D eigenvalue weighted by atomic mass is 10.0. The average molecular weight is 464 g/mol. The monoisotopic (exact) mass is 463 g/mol. The van der Waals surface area contributed by atoms with Crippen molar-refractivity contribution in [3.05, 3.63) is 94.3 Å². The molecule has 174 valence electrons. The van der Waals surface area contributed by atoms with Crippen LogP contribution in [0.5, 0.6) is 0 Å². The van der Waals surface area contributed by atoms with Gasteiger partial charge in [0.05, 0.1) is 11.4 Å². The topological polar surface area (TPSA) is 102 Å². The maximum atomic E-state index is 12.3. The van der Waals surface area contributed by atoms with Gasteiger partial charge in [-0.2, -0.15) is 5.26 Å². The van der Waals surface area contributed by atoms with Crippen LogP contribution in [0.25, 0.3) is 22.5 Å². The van der Waals surface area contributed by atoms with Crippen molar-refractivity contribution in [2.75, 3.05) is 31.1 Å². The first-order valence-corrected chi connectivity index (χ1v) is 11.6. The van der Waals surface area contributed by atoms with E-state index in [0.29, 0.717) is 5.69 Å². The molecule has 3 heterocycles. The molecule has 2 aromatic heterocycles. The molecule has 1 aliphatic rings. The molecular formula is C27H25N7O. The number of piperazine rings is 1. The molecule has 2 aromatic carbocycles. The summed E-state index contributed by atoms with van der Waals surface area (Å²) in [6, 6.07) is 22.1. The van der Waals surface area contributed by atoms with Crippen LogP contribution in [-0.2, 0) is 6.54 Å². The van der Waals surface area contributed by atoms with E-state index in [-0.39, 0.29) is 11.4 Å². The van der Waals surface area contributed by atoms with Crippen molar-refractivity contribution in [3.8, 4) is 28.6 Å². The maximum Gasteiger partial charge on any atom is 0.269 e. The van der Waals surface area contributed by atoms with Gasteiger partial charge in [-0.1, -0.05) is 54.6 Å². The number of rotatable bonds is 5. The summed E-state index contributed by atoms with van der Waals surface area (Å²) in [5.41, 5.74) is 4.90. The summed E-state index contributed by atoms with van der Waals surface area (Å²) in [4.78, 5) is 32.8. The van der Waals surface area contributed by atoms with E-state index in [0.717, 1.165) is 61.1 Å². The van der Waals surface area contributed by atoms with Gasteiger partial charge in [-0.15, -0.1) is 0 Å². The summed E-state index contributed by atoms with van der Waals surface area (Å²) in [7, 11) is 0. The molecule has 0 saturated carbocycles. The Morgan fingerprint density at radius 3 is 2.40 bits per heavy atom. The number of hydrogen-bond donors (Lipinski definition) is 1. The Labute approximate surface area is 203 Å². The molecule has 0 atom stereocenters. The average Bonchev–Trinajstić information content (AvgIpc) is 2.91. The molecule has 0 radical (unpaired) electrons. The number of aromatic nitrogens is 4. The third kappa shape index (κ3) is 4.95. The largest absolute Gasteiger partial charge is 0.354 e. The van der Waals surface area contributed by atoms with Gasteiger partial charge in [0.1, 0.15) is 17.6 Å². The van der Waals surface area contributed by atoms with Crippen molar-refractivity contribution in [3.63, 3.8) is 0 Å². The van der Waals surface area contributed by atoms with Crippen LogP contribution in [0.4, 0.5) is 5.82 Å². The number of aromatic amines is 1. The van der Waals surface area contributed by atoms with Crippen LogP contribution in [0.2, 0.25) is 0 Å². The summed E-state index contributed by atoms with van der Waals surface area (Å²) in [6.45, 7) is 6.10. The van der Waals surface area contributed by atoms with E-state index in [1.165, 1.54) is 5.56 Å². The molecule has 0 unspecified atom stereocenters. The predicted molar refractivity (Wildman–Crippen MR) is 135 cm³/mol. The minimum absolute atomic E-state index is 0.172. The zero-order chi connectivity index (χ0) is 24.2. The molecule has 4 aromatic rings. The number of hydrogen-bond acceptors (Lipinski definition) is 7. The predicted octanol–water partition coefficient (Wildman–Crippen LogP) is 3.40. The van der Waals surface area contributed by atoms with Crippen molar-refractivity contribution in [2.45, 2.75) is 13.5 Å². The van der Waals surface area contributed by atoms with E-state index >= 15 is 0 Å². The summed E-state index contributed by atoms with van der Waals surface area (Å²) >= 11 is 0. The van der Waals surface area contributed by atoms with Crippen LogP contribution in [0.1, 0.15) is 17.1 Å². The van der Waals surface area contributed by atoms with Crippen LogP contribution >= 0.6 is 0 Å². The molecular weight excluding hydrogens is 438 g/mol. The van der Waals surface area contributed by atoms with Gasteiger partial charge in [0.15, 0.2) is 0 Å². The highest BCUT2D eigenvalue weighted by atomic mass is 16.1. The first kappa shape index (κ1) is 22.4. The number of nitrogens with zero attached hydrogens (tertiary/aromatic N) is 6. The van der Waals surface area contributed by atoms with Crippen molar-refractivity contribution < 1.29 is 0 Å². The van der Waals surface area contributed by atoms with E-state index in [1.807, 2.05) is 42.5 Å². The minimum atomic E-state index is -0.172. The standard InChI is InChI=1S/C27H25N7O/c1-19-27(35)32-26(21-5-3-2-4-6-21)25(30-19)22-9-7-20(8-10-22)18-33-13-15-34(16-14-33)24-11-12-29-23(17-28)31-24/h2-12H,13-16,18H2,1H3,(H,32,35). The van der Waals surface area contributed by atoms with Gasteiger partial charge in [-0.3, -0.25) is 9.69 Å². The summed E-state index contributed by atoms with van der Waals surface area (Å²) in [6.07, 6.45) is 1.64. The van der Waals surface area contributed by atoms with Gasteiger partial charge < -0.3 is 9.88 Å². The third-order valence-corrected chi connectivity index (χ3v) is 6.22. The second-order valence-electron chi connectivity index (χ2n) is 8.55. The van der Waals surface area contributed by atoms with Gasteiger partial charge in [-0.25, -0.2) is 15.0 Å². The lowest BCUT2D eigenvalue weighted by molar-refractivity contribution is 0.249. The molecule has 1 saturated heterocycles. The first-order valence-electron chi connectivity index (χ1n) is 11.6. The summed E-state index contributed by atoms with van der Waals surface area (Å²) < 4.78 is 0. The fourth-order valence-electron chi connectivity index (χ4n) is 4.30. The zero-order valence-electron chi connectivity index (χ0n) is 19.5. The van der Waals surface area contributed by atoms with Crippen molar-refractivity contribution in [2.24, 2.45) is 0 Å². The zero-order valence-corrected chi connectivity index (χ0v) is 19.5. The summed E-state index contributed by atoms with van der Waals surface area (Å²) in [5.74, 6) is 1.01. The molecule has 0 aliphatic carbocycles. The minimum Gasteiger partial charge on any atom is -0.354 e. The van der Waals surface area contributed by atoms with Gasteiger partial charge in [-0.05, 0) is 18.6 Å². The Kier molecular flexibility index (Phi) is 6.33. The van der Waals surface area contributed by atoms with Crippen LogP contribution in [0.3, 0.4) is 0 Å². The number of aryl methyl sites for hydroxylation is 1. The van der Waals surface area contributed by atoms with Gasteiger partial charge >= 0.3 is 0 Å². The molecule has 35 heavy (non-hydrogen) atoms. The van der Waals surface area contributed by atoms with E-state index in [2.05, 4.69) is 54.0 Å². The van der Waals surface area contributed by atoms with E-state index < -0.39 is 0 Å². The Morgan fingerprint density at radius 2 is 1.69 bits per heavy atom. The first-order chi connectivity index (χ1) is 17.1. The fraction of sp³-hybridized carbons (Fsp3) is 0.222. The highest BCUT2D eigenvalue weighted by Gasteiger charge is 2.19. The number of benzene rings is 2. The van der Waals surface area contributed by atoms with Crippen LogP contribution in [0, 0.1) is 18.3 Å². The molecule has 0 spiro atoms. The van der Waals surface area contributed by atoms with E-state index in [9.17, 15) is 4.79 Å². The van der Waals surface area contributed by atoms with E-state index in [1.54, 1.807) is 13.1 Å². The SMILES string of the molecule is Cc1nc(-c2ccc(CN3CCN(c4ccnc(C#N)n4)CC3)cc2)c(-c2ccccc2)[nH]c1=O. The smallest absolute Gasteiger partial charge is 0.269 e. The molecule has 8 nitrogen and oxygen atoms in total. The van der Waals surface area contributed by atoms with Crippen LogP contribution in [-0.4, -0.2) is 51.0 Å². The maximum absolute atomic E-state index is 12.3. The van der Waals surface area contributed by atoms with Crippen LogP contribution < -0.4 is 10.5 Å². The number of nitrogens with one attached hydrogen (secondary N) is 1. The Bertz CT molecular complexity index is 1420. The number of anilines is 1. The highest BCUT2D eigenvalue weighted by Crippen LogP contribution is 2.28. The van der Waals surface area contributed by atoms with Crippen molar-refractivity contribution >= 4 is 5.82 Å². The molecule has 1 fully saturated rings. The fourth-order valence-corrected chi connectivity index (χ4v) is 4.30. The van der Waals surface area contributed by atoms with Gasteiger partial charge in [0.25, 0.3) is 5.56 Å². The molecule has 0 bridgehead atoms.